The van der Waals surface area contributed by atoms with Gasteiger partial charge < -0.3 is 10.5 Å². The first-order valence-corrected chi connectivity index (χ1v) is 6.18. The molecule has 2 aromatic rings. The second-order valence-electron chi connectivity index (χ2n) is 4.36. The van der Waals surface area contributed by atoms with E-state index < -0.39 is 0 Å². The third-order valence-electron chi connectivity index (χ3n) is 3.01. The number of nitrogens with two attached hydrogens (primary N) is 1. The van der Waals surface area contributed by atoms with Crippen molar-refractivity contribution in [2.24, 2.45) is 0 Å². The fourth-order valence-corrected chi connectivity index (χ4v) is 1.96. The van der Waals surface area contributed by atoms with Crippen molar-refractivity contribution in [2.75, 3.05) is 12.3 Å². The number of nitrogens with zero attached hydrogens (tertiary/aromatic N) is 1. The summed E-state index contributed by atoms with van der Waals surface area (Å²) in [5, 5.41) is 9.05. The molecular formula is C16H16N2O. The summed E-state index contributed by atoms with van der Waals surface area (Å²) in [5.74, 6) is 0.666. The number of para-hydroxylation sites is 2. The van der Waals surface area contributed by atoms with Crippen molar-refractivity contribution in [3.63, 3.8) is 0 Å². The van der Waals surface area contributed by atoms with E-state index in [0.29, 0.717) is 17.9 Å². The van der Waals surface area contributed by atoms with Gasteiger partial charge in [0, 0.05) is 12.1 Å². The maximum atomic E-state index is 9.05. The second kappa shape index (κ2) is 5.92. The predicted octanol–water partition coefficient (Wildman–Crippen LogP) is 3.07. The molecule has 2 N–H and O–H groups in total. The number of hydrogen-bond acceptors (Lipinski definition) is 3. The Labute approximate surface area is 113 Å². The zero-order valence-corrected chi connectivity index (χ0v) is 10.9. The van der Waals surface area contributed by atoms with Crippen molar-refractivity contribution in [3.05, 3.63) is 59.2 Å². The Bertz CT molecular complexity index is 614. The lowest BCUT2D eigenvalue weighted by atomic mass is 10.1. The van der Waals surface area contributed by atoms with E-state index >= 15 is 0 Å². The fraction of sp³-hybridized carbons (Fsp3) is 0.188. The number of nitrogen functional groups attached to an aromatic ring is 1. The molecule has 0 bridgehead atoms. The Morgan fingerprint density at radius 2 is 1.95 bits per heavy atom. The van der Waals surface area contributed by atoms with E-state index in [1.807, 2.05) is 43.3 Å². The molecule has 2 aromatic carbocycles. The molecule has 0 aromatic heterocycles. The van der Waals surface area contributed by atoms with E-state index in [4.69, 9.17) is 15.7 Å². The topological polar surface area (TPSA) is 59.0 Å². The van der Waals surface area contributed by atoms with Crippen LogP contribution in [0.25, 0.3) is 0 Å². The minimum absolute atomic E-state index is 0.508. The highest BCUT2D eigenvalue weighted by atomic mass is 16.5. The maximum absolute atomic E-state index is 9.05. The molecule has 19 heavy (non-hydrogen) atoms. The number of aryl methyl sites for hydroxylation is 1. The lowest BCUT2D eigenvalue weighted by Gasteiger charge is -2.11. The highest BCUT2D eigenvalue weighted by Crippen LogP contribution is 2.23. The summed E-state index contributed by atoms with van der Waals surface area (Å²) in [6, 6.07) is 15.4. The minimum Gasteiger partial charge on any atom is -0.492 e. The van der Waals surface area contributed by atoms with Crippen LogP contribution in [-0.2, 0) is 6.42 Å². The van der Waals surface area contributed by atoms with Crippen LogP contribution in [0.15, 0.2) is 42.5 Å². The third kappa shape index (κ3) is 3.05. The molecule has 2 rings (SSSR count). The van der Waals surface area contributed by atoms with Gasteiger partial charge in [-0.05, 0) is 30.2 Å². The zero-order valence-electron chi connectivity index (χ0n) is 10.9. The Morgan fingerprint density at radius 3 is 2.68 bits per heavy atom. The van der Waals surface area contributed by atoms with E-state index in [-0.39, 0.29) is 0 Å². The van der Waals surface area contributed by atoms with Gasteiger partial charge in [0.05, 0.1) is 12.2 Å². The molecule has 0 aliphatic heterocycles. The largest absolute Gasteiger partial charge is 0.492 e. The van der Waals surface area contributed by atoms with Crippen LogP contribution in [0.2, 0.25) is 0 Å². The average molecular weight is 252 g/mol. The molecular weight excluding hydrogens is 236 g/mol. The van der Waals surface area contributed by atoms with Gasteiger partial charge in [0.25, 0.3) is 0 Å². The van der Waals surface area contributed by atoms with Gasteiger partial charge in [0.1, 0.15) is 11.8 Å². The Hall–Kier alpha value is -2.47. The van der Waals surface area contributed by atoms with Crippen LogP contribution in [0.4, 0.5) is 5.69 Å². The Kier molecular flexibility index (Phi) is 4.04. The quantitative estimate of drug-likeness (QED) is 0.851. The van der Waals surface area contributed by atoms with Crippen molar-refractivity contribution < 1.29 is 4.74 Å². The molecule has 0 saturated heterocycles. The summed E-state index contributed by atoms with van der Waals surface area (Å²) >= 11 is 0. The molecule has 0 saturated carbocycles. The van der Waals surface area contributed by atoms with Crippen LogP contribution in [0.3, 0.4) is 0 Å². The smallest absolute Gasteiger partial charge is 0.139 e. The Balaban J connectivity index is 2.05. The number of anilines is 1. The number of benzene rings is 2. The lowest BCUT2D eigenvalue weighted by molar-refractivity contribution is 0.319. The summed E-state index contributed by atoms with van der Waals surface area (Å²) in [6.07, 6.45) is 0.728. The second-order valence-corrected chi connectivity index (χ2v) is 4.36. The fourth-order valence-electron chi connectivity index (χ4n) is 1.96. The predicted molar refractivity (Wildman–Crippen MR) is 75.9 cm³/mol. The third-order valence-corrected chi connectivity index (χ3v) is 3.01. The Morgan fingerprint density at radius 1 is 1.16 bits per heavy atom. The van der Waals surface area contributed by atoms with E-state index in [2.05, 4.69) is 6.07 Å². The highest BCUT2D eigenvalue weighted by Gasteiger charge is 2.06. The molecule has 3 nitrogen and oxygen atoms in total. The van der Waals surface area contributed by atoms with Crippen molar-refractivity contribution in [2.45, 2.75) is 13.3 Å². The molecule has 0 spiro atoms. The van der Waals surface area contributed by atoms with Crippen LogP contribution in [0.1, 0.15) is 16.7 Å². The molecule has 0 radical (unpaired) electrons. The summed E-state index contributed by atoms with van der Waals surface area (Å²) in [7, 11) is 0. The summed E-state index contributed by atoms with van der Waals surface area (Å²) in [5.41, 5.74) is 9.26. The van der Waals surface area contributed by atoms with Gasteiger partial charge in [0.2, 0.25) is 0 Å². The molecule has 0 aliphatic carbocycles. The molecule has 3 heteroatoms. The lowest BCUT2D eigenvalue weighted by Crippen LogP contribution is -2.05. The van der Waals surface area contributed by atoms with Crippen LogP contribution < -0.4 is 10.5 Å². The molecule has 0 amide bonds. The van der Waals surface area contributed by atoms with Crippen LogP contribution >= 0.6 is 0 Å². The van der Waals surface area contributed by atoms with Crippen molar-refractivity contribution >= 4 is 5.69 Å². The van der Waals surface area contributed by atoms with E-state index in [0.717, 1.165) is 23.2 Å². The standard InChI is InChI=1S/C16H16N2O/c1-12-5-4-7-14(11-17)16(12)19-10-9-13-6-2-3-8-15(13)18/h2-8H,9-10,18H2,1H3. The van der Waals surface area contributed by atoms with Crippen LogP contribution in [0, 0.1) is 18.3 Å². The number of ether oxygens (including phenoxy) is 1. The van der Waals surface area contributed by atoms with Gasteiger partial charge in [-0.2, -0.15) is 5.26 Å². The molecule has 0 unspecified atom stereocenters. The van der Waals surface area contributed by atoms with Crippen LogP contribution in [0.5, 0.6) is 5.75 Å². The van der Waals surface area contributed by atoms with Crippen LogP contribution in [-0.4, -0.2) is 6.61 Å². The van der Waals surface area contributed by atoms with Crippen molar-refractivity contribution in [3.8, 4) is 11.8 Å². The first kappa shape index (κ1) is 13.0. The molecule has 0 aliphatic rings. The van der Waals surface area contributed by atoms with Gasteiger partial charge in [-0.15, -0.1) is 0 Å². The van der Waals surface area contributed by atoms with E-state index in [1.54, 1.807) is 6.07 Å². The molecule has 0 fully saturated rings. The number of rotatable bonds is 4. The summed E-state index contributed by atoms with van der Waals surface area (Å²) < 4.78 is 5.74. The van der Waals surface area contributed by atoms with E-state index in [1.165, 1.54) is 0 Å². The molecule has 96 valence electrons. The summed E-state index contributed by atoms with van der Waals surface area (Å²) in [6.45, 7) is 2.45. The van der Waals surface area contributed by atoms with Crippen molar-refractivity contribution in [1.29, 1.82) is 5.26 Å². The van der Waals surface area contributed by atoms with Gasteiger partial charge in [-0.3, -0.25) is 0 Å². The number of nitriles is 1. The zero-order chi connectivity index (χ0) is 13.7. The van der Waals surface area contributed by atoms with Crippen molar-refractivity contribution in [1.82, 2.24) is 0 Å². The first-order chi connectivity index (χ1) is 9.22. The summed E-state index contributed by atoms with van der Waals surface area (Å²) in [4.78, 5) is 0. The average Bonchev–Trinajstić information content (AvgIpc) is 2.42. The SMILES string of the molecule is Cc1cccc(C#N)c1OCCc1ccccc1N. The van der Waals surface area contributed by atoms with Gasteiger partial charge in [-0.25, -0.2) is 0 Å². The maximum Gasteiger partial charge on any atom is 0.139 e. The highest BCUT2D eigenvalue weighted by molar-refractivity contribution is 5.48. The number of hydrogen-bond donors (Lipinski definition) is 1. The normalized spacial score (nSPS) is 9.89. The molecule has 0 heterocycles. The van der Waals surface area contributed by atoms with Gasteiger partial charge >= 0.3 is 0 Å². The van der Waals surface area contributed by atoms with Gasteiger partial charge in [-0.1, -0.05) is 30.3 Å². The van der Waals surface area contributed by atoms with Gasteiger partial charge in [0.15, 0.2) is 0 Å². The minimum atomic E-state index is 0.508. The van der Waals surface area contributed by atoms with E-state index in [9.17, 15) is 0 Å². The first-order valence-electron chi connectivity index (χ1n) is 6.18. The molecule has 0 atom stereocenters. The monoisotopic (exact) mass is 252 g/mol.